The number of anilines is 1. The third-order valence-corrected chi connectivity index (χ3v) is 3.43. The lowest BCUT2D eigenvalue weighted by Crippen LogP contribution is -2.42. The van der Waals surface area contributed by atoms with Crippen molar-refractivity contribution in [3.8, 4) is 0 Å². The largest absolute Gasteiger partial charge is 0.390 e. The Morgan fingerprint density at radius 3 is 2.59 bits per heavy atom. The Hall–Kier alpha value is -1.13. The van der Waals surface area contributed by atoms with E-state index in [1.54, 1.807) is 6.07 Å². The fraction of sp³-hybridized carbons (Fsp3) is 0.538. The molecule has 0 atom stereocenters. The molecule has 0 bridgehead atoms. The van der Waals surface area contributed by atoms with E-state index in [4.69, 9.17) is 5.73 Å². The Bertz CT molecular complexity index is 396. The SMILES string of the molecule is CC1(O)CCN(c2ccc(CN)cc2F)CC1. The van der Waals surface area contributed by atoms with E-state index in [9.17, 15) is 9.50 Å². The second-order valence-electron chi connectivity index (χ2n) is 4.97. The molecule has 0 unspecified atom stereocenters. The summed E-state index contributed by atoms with van der Waals surface area (Å²) >= 11 is 0. The number of hydrogen-bond acceptors (Lipinski definition) is 3. The smallest absolute Gasteiger partial charge is 0.146 e. The third-order valence-electron chi connectivity index (χ3n) is 3.43. The van der Waals surface area contributed by atoms with Crippen molar-refractivity contribution in [2.75, 3.05) is 18.0 Å². The molecule has 0 amide bonds. The third kappa shape index (κ3) is 2.76. The van der Waals surface area contributed by atoms with Gasteiger partial charge in [-0.3, -0.25) is 0 Å². The molecule has 1 heterocycles. The van der Waals surface area contributed by atoms with Gasteiger partial charge < -0.3 is 15.7 Å². The number of rotatable bonds is 2. The number of hydrogen-bond donors (Lipinski definition) is 2. The van der Waals surface area contributed by atoms with E-state index in [2.05, 4.69) is 0 Å². The van der Waals surface area contributed by atoms with Crippen molar-refractivity contribution >= 4 is 5.69 Å². The lowest BCUT2D eigenvalue weighted by Gasteiger charge is -2.37. The van der Waals surface area contributed by atoms with Crippen molar-refractivity contribution in [2.45, 2.75) is 31.9 Å². The van der Waals surface area contributed by atoms with Crippen LogP contribution in [-0.4, -0.2) is 23.8 Å². The molecule has 0 aromatic heterocycles. The van der Waals surface area contributed by atoms with Gasteiger partial charge in [-0.1, -0.05) is 6.07 Å². The van der Waals surface area contributed by atoms with Crippen molar-refractivity contribution in [2.24, 2.45) is 5.73 Å². The van der Waals surface area contributed by atoms with Gasteiger partial charge in [0.25, 0.3) is 0 Å². The van der Waals surface area contributed by atoms with Crippen LogP contribution in [0.1, 0.15) is 25.3 Å². The van der Waals surface area contributed by atoms with Gasteiger partial charge in [0.15, 0.2) is 0 Å². The minimum absolute atomic E-state index is 0.227. The van der Waals surface area contributed by atoms with Crippen molar-refractivity contribution in [1.82, 2.24) is 0 Å². The highest BCUT2D eigenvalue weighted by atomic mass is 19.1. The Kier molecular flexibility index (Phi) is 3.35. The molecule has 1 saturated heterocycles. The van der Waals surface area contributed by atoms with Crippen molar-refractivity contribution in [1.29, 1.82) is 0 Å². The molecule has 0 aliphatic carbocycles. The van der Waals surface area contributed by atoms with E-state index in [-0.39, 0.29) is 5.82 Å². The van der Waals surface area contributed by atoms with Crippen LogP contribution < -0.4 is 10.6 Å². The van der Waals surface area contributed by atoms with Crippen molar-refractivity contribution < 1.29 is 9.50 Å². The molecule has 1 fully saturated rings. The van der Waals surface area contributed by atoms with Gasteiger partial charge in [0, 0.05) is 19.6 Å². The summed E-state index contributed by atoms with van der Waals surface area (Å²) in [6.07, 6.45) is 1.34. The highest BCUT2D eigenvalue weighted by molar-refractivity contribution is 5.49. The first kappa shape index (κ1) is 12.3. The maximum absolute atomic E-state index is 13.9. The number of nitrogens with zero attached hydrogens (tertiary/aromatic N) is 1. The minimum atomic E-state index is -0.607. The van der Waals surface area contributed by atoms with E-state index >= 15 is 0 Å². The van der Waals surface area contributed by atoms with Gasteiger partial charge in [0.05, 0.1) is 11.3 Å². The molecule has 3 N–H and O–H groups in total. The highest BCUT2D eigenvalue weighted by Gasteiger charge is 2.28. The maximum Gasteiger partial charge on any atom is 0.146 e. The van der Waals surface area contributed by atoms with Crippen LogP contribution in [0.15, 0.2) is 18.2 Å². The van der Waals surface area contributed by atoms with Gasteiger partial charge in [0.2, 0.25) is 0 Å². The maximum atomic E-state index is 13.9. The quantitative estimate of drug-likeness (QED) is 0.823. The molecule has 0 saturated carbocycles. The van der Waals surface area contributed by atoms with Gasteiger partial charge in [-0.05, 0) is 37.5 Å². The van der Waals surface area contributed by atoms with Crippen LogP contribution in [0.2, 0.25) is 0 Å². The molecule has 1 aromatic rings. The number of piperidine rings is 1. The first-order chi connectivity index (χ1) is 8.02. The molecule has 1 aromatic carbocycles. The summed E-state index contributed by atoms with van der Waals surface area (Å²) in [5.41, 5.74) is 6.27. The van der Waals surface area contributed by atoms with E-state index in [1.807, 2.05) is 17.9 Å². The molecule has 3 nitrogen and oxygen atoms in total. The van der Waals surface area contributed by atoms with Crippen LogP contribution in [0.4, 0.5) is 10.1 Å². The van der Waals surface area contributed by atoms with Gasteiger partial charge >= 0.3 is 0 Å². The molecule has 1 aliphatic rings. The Morgan fingerprint density at radius 2 is 2.06 bits per heavy atom. The molecule has 2 rings (SSSR count). The molecule has 4 heteroatoms. The molecule has 0 spiro atoms. The summed E-state index contributed by atoms with van der Waals surface area (Å²) in [5.74, 6) is -0.227. The summed E-state index contributed by atoms with van der Waals surface area (Å²) in [6.45, 7) is 3.56. The highest BCUT2D eigenvalue weighted by Crippen LogP contribution is 2.28. The summed E-state index contributed by atoms with van der Waals surface area (Å²) < 4.78 is 13.9. The summed E-state index contributed by atoms with van der Waals surface area (Å²) in [6, 6.07) is 5.12. The normalized spacial score (nSPS) is 19.4. The van der Waals surface area contributed by atoms with Gasteiger partial charge in [-0.2, -0.15) is 0 Å². The molecule has 17 heavy (non-hydrogen) atoms. The molecular formula is C13H19FN2O. The zero-order chi connectivity index (χ0) is 12.5. The molecular weight excluding hydrogens is 219 g/mol. The first-order valence-electron chi connectivity index (χ1n) is 5.98. The van der Waals surface area contributed by atoms with Crippen LogP contribution >= 0.6 is 0 Å². The van der Waals surface area contributed by atoms with Crippen LogP contribution in [0.25, 0.3) is 0 Å². The van der Waals surface area contributed by atoms with Gasteiger partial charge in [-0.15, -0.1) is 0 Å². The van der Waals surface area contributed by atoms with Gasteiger partial charge in [-0.25, -0.2) is 4.39 Å². The van der Waals surface area contributed by atoms with Crippen LogP contribution in [-0.2, 0) is 6.54 Å². The fourth-order valence-electron chi connectivity index (χ4n) is 2.16. The predicted molar refractivity (Wildman–Crippen MR) is 66.4 cm³/mol. The summed E-state index contributed by atoms with van der Waals surface area (Å²) in [4.78, 5) is 1.98. The topological polar surface area (TPSA) is 49.5 Å². The Morgan fingerprint density at radius 1 is 1.41 bits per heavy atom. The van der Waals surface area contributed by atoms with E-state index in [0.717, 1.165) is 5.56 Å². The second-order valence-corrected chi connectivity index (χ2v) is 4.97. The van der Waals surface area contributed by atoms with Gasteiger partial charge in [0.1, 0.15) is 5.82 Å². The molecule has 94 valence electrons. The number of halogens is 1. The average molecular weight is 238 g/mol. The number of benzene rings is 1. The Labute approximate surface area is 101 Å². The van der Waals surface area contributed by atoms with E-state index < -0.39 is 5.60 Å². The number of nitrogens with two attached hydrogens (primary N) is 1. The lowest BCUT2D eigenvalue weighted by atomic mass is 9.93. The summed E-state index contributed by atoms with van der Waals surface area (Å²) in [5, 5.41) is 9.85. The van der Waals surface area contributed by atoms with E-state index in [1.165, 1.54) is 6.07 Å². The average Bonchev–Trinajstić information content (AvgIpc) is 2.29. The molecule has 1 aliphatic heterocycles. The lowest BCUT2D eigenvalue weighted by molar-refractivity contribution is 0.0350. The van der Waals surface area contributed by atoms with Crippen molar-refractivity contribution in [3.05, 3.63) is 29.6 Å². The summed E-state index contributed by atoms with van der Waals surface area (Å²) in [7, 11) is 0. The number of aliphatic hydroxyl groups is 1. The zero-order valence-corrected chi connectivity index (χ0v) is 10.1. The monoisotopic (exact) mass is 238 g/mol. The molecule has 0 radical (unpaired) electrons. The van der Waals surface area contributed by atoms with Crippen LogP contribution in [0.3, 0.4) is 0 Å². The van der Waals surface area contributed by atoms with Crippen LogP contribution in [0.5, 0.6) is 0 Å². The van der Waals surface area contributed by atoms with Crippen LogP contribution in [0, 0.1) is 5.82 Å². The fourth-order valence-corrected chi connectivity index (χ4v) is 2.16. The first-order valence-corrected chi connectivity index (χ1v) is 5.98. The van der Waals surface area contributed by atoms with Crippen molar-refractivity contribution in [3.63, 3.8) is 0 Å². The predicted octanol–water partition coefficient (Wildman–Crippen LogP) is 1.64. The Balaban J connectivity index is 2.13. The standard InChI is InChI=1S/C13H19FN2O/c1-13(17)4-6-16(7-5-13)12-3-2-10(9-15)8-11(12)14/h2-3,8,17H,4-7,9,15H2,1H3. The second kappa shape index (κ2) is 4.63. The van der Waals surface area contributed by atoms with E-state index in [0.29, 0.717) is 38.2 Å². The minimum Gasteiger partial charge on any atom is -0.390 e. The zero-order valence-electron chi connectivity index (χ0n) is 10.1.